The summed E-state index contributed by atoms with van der Waals surface area (Å²) in [6.45, 7) is 4.96. The molecule has 0 unspecified atom stereocenters. The molecule has 0 radical (unpaired) electrons. The van der Waals surface area contributed by atoms with Gasteiger partial charge in [0.25, 0.3) is 0 Å². The second-order valence-corrected chi connectivity index (χ2v) is 7.87. The van der Waals surface area contributed by atoms with Crippen LogP contribution in [-0.2, 0) is 23.9 Å². The molecule has 2 heterocycles. The van der Waals surface area contributed by atoms with E-state index < -0.39 is 17.9 Å². The molecule has 0 aliphatic carbocycles. The van der Waals surface area contributed by atoms with Crippen molar-refractivity contribution in [3.05, 3.63) is 40.8 Å². The minimum Gasteiger partial charge on any atom is -0.473 e. The van der Waals surface area contributed by atoms with Gasteiger partial charge >= 0.3 is 17.9 Å². The number of rotatable bonds is 5. The molecule has 1 aliphatic heterocycles. The SMILES string of the molecule is COC(=O)c1c(NC(=O)CN2CCOCC2)sc(C)c1-c1ccccc1.O=C(O)C(=O)O. The van der Waals surface area contributed by atoms with Gasteiger partial charge < -0.3 is 25.0 Å². The minimum absolute atomic E-state index is 0.141. The minimum atomic E-state index is -1.82. The molecule has 3 N–H and O–H groups in total. The Morgan fingerprint density at radius 1 is 1.09 bits per heavy atom. The number of nitrogens with zero attached hydrogens (tertiary/aromatic N) is 1. The summed E-state index contributed by atoms with van der Waals surface area (Å²) in [6, 6.07) is 9.66. The van der Waals surface area contributed by atoms with Crippen LogP contribution in [-0.4, -0.2) is 78.9 Å². The molecule has 11 heteroatoms. The molecule has 1 aromatic heterocycles. The van der Waals surface area contributed by atoms with E-state index in [0.29, 0.717) is 23.8 Å². The Labute approximate surface area is 188 Å². The molecule has 1 saturated heterocycles. The van der Waals surface area contributed by atoms with Gasteiger partial charge in [-0.05, 0) is 12.5 Å². The third-order valence-electron chi connectivity index (χ3n) is 4.44. The van der Waals surface area contributed by atoms with Gasteiger partial charge in [-0.25, -0.2) is 14.4 Å². The predicted molar refractivity (Wildman–Crippen MR) is 117 cm³/mol. The highest BCUT2D eigenvalue weighted by Gasteiger charge is 2.25. The number of carboxylic acids is 2. The van der Waals surface area contributed by atoms with Gasteiger partial charge in [0.2, 0.25) is 5.91 Å². The van der Waals surface area contributed by atoms with Crippen molar-refractivity contribution in [2.24, 2.45) is 0 Å². The number of ether oxygens (including phenoxy) is 2. The molecular formula is C21H24N2O8S. The zero-order valence-electron chi connectivity index (χ0n) is 17.6. The van der Waals surface area contributed by atoms with Gasteiger partial charge in [-0.1, -0.05) is 30.3 Å². The van der Waals surface area contributed by atoms with E-state index in [1.54, 1.807) is 0 Å². The molecule has 1 aliphatic rings. The maximum atomic E-state index is 12.5. The van der Waals surface area contributed by atoms with E-state index in [9.17, 15) is 9.59 Å². The van der Waals surface area contributed by atoms with Crippen LogP contribution >= 0.6 is 11.3 Å². The Bertz CT molecular complexity index is 956. The van der Waals surface area contributed by atoms with Gasteiger partial charge in [-0.3, -0.25) is 9.69 Å². The van der Waals surface area contributed by atoms with Crippen molar-refractivity contribution >= 4 is 40.2 Å². The van der Waals surface area contributed by atoms with E-state index >= 15 is 0 Å². The van der Waals surface area contributed by atoms with E-state index in [-0.39, 0.29) is 12.5 Å². The fourth-order valence-corrected chi connectivity index (χ4v) is 4.09. The summed E-state index contributed by atoms with van der Waals surface area (Å²) in [5.41, 5.74) is 2.15. The van der Waals surface area contributed by atoms with Gasteiger partial charge in [0.1, 0.15) is 10.6 Å². The summed E-state index contributed by atoms with van der Waals surface area (Å²) in [5, 5.41) is 18.2. The Hall–Kier alpha value is -3.28. The van der Waals surface area contributed by atoms with Gasteiger partial charge in [0.15, 0.2) is 0 Å². The fraction of sp³-hybridized carbons (Fsp3) is 0.333. The standard InChI is InChI=1S/C19H22N2O4S.C2H2O4/c1-13-16(14-6-4-3-5-7-14)17(19(23)24-2)18(26-13)20-15(22)12-21-8-10-25-11-9-21;3-1(4)2(5)6/h3-7H,8-12H2,1-2H3,(H,20,22);(H,3,4)(H,5,6). The number of benzene rings is 1. The normalized spacial score (nSPS) is 13.4. The highest BCUT2D eigenvalue weighted by atomic mass is 32.1. The van der Waals surface area contributed by atoms with Crippen molar-refractivity contribution in [1.29, 1.82) is 0 Å². The molecule has 0 spiro atoms. The highest BCUT2D eigenvalue weighted by molar-refractivity contribution is 7.17. The lowest BCUT2D eigenvalue weighted by molar-refractivity contribution is -0.159. The van der Waals surface area contributed by atoms with Crippen LogP contribution in [0.1, 0.15) is 15.2 Å². The summed E-state index contributed by atoms with van der Waals surface area (Å²) in [7, 11) is 1.35. The van der Waals surface area contributed by atoms with Crippen molar-refractivity contribution in [2.75, 3.05) is 45.3 Å². The Morgan fingerprint density at radius 3 is 2.22 bits per heavy atom. The first kappa shape index (κ1) is 25.0. The Morgan fingerprint density at radius 2 is 1.69 bits per heavy atom. The third kappa shape index (κ3) is 6.87. The maximum Gasteiger partial charge on any atom is 0.414 e. The lowest BCUT2D eigenvalue weighted by Crippen LogP contribution is -2.41. The molecule has 2 aromatic rings. The summed E-state index contributed by atoms with van der Waals surface area (Å²) in [5.74, 6) is -4.24. The van der Waals surface area contributed by atoms with Crippen LogP contribution in [0.25, 0.3) is 11.1 Å². The van der Waals surface area contributed by atoms with E-state index in [4.69, 9.17) is 29.3 Å². The summed E-state index contributed by atoms with van der Waals surface area (Å²) >= 11 is 1.39. The number of hydrogen-bond acceptors (Lipinski definition) is 8. The van der Waals surface area contributed by atoms with Crippen LogP contribution < -0.4 is 5.32 Å². The lowest BCUT2D eigenvalue weighted by atomic mass is 10.0. The zero-order valence-corrected chi connectivity index (χ0v) is 18.4. The second-order valence-electron chi connectivity index (χ2n) is 6.64. The molecule has 3 rings (SSSR count). The first-order valence-electron chi connectivity index (χ1n) is 9.57. The molecule has 10 nitrogen and oxygen atoms in total. The largest absolute Gasteiger partial charge is 0.473 e. The van der Waals surface area contributed by atoms with E-state index in [1.807, 2.05) is 42.2 Å². The van der Waals surface area contributed by atoms with Crippen LogP contribution in [0.3, 0.4) is 0 Å². The molecule has 1 fully saturated rings. The molecule has 0 saturated carbocycles. The average molecular weight is 464 g/mol. The number of nitrogens with one attached hydrogen (secondary N) is 1. The van der Waals surface area contributed by atoms with Crippen molar-refractivity contribution < 1.29 is 38.9 Å². The van der Waals surface area contributed by atoms with Crippen molar-refractivity contribution in [1.82, 2.24) is 4.90 Å². The topological polar surface area (TPSA) is 142 Å². The van der Waals surface area contributed by atoms with Gasteiger partial charge in [-0.2, -0.15) is 0 Å². The first-order valence-corrected chi connectivity index (χ1v) is 10.4. The van der Waals surface area contributed by atoms with Crippen molar-refractivity contribution in [3.8, 4) is 11.1 Å². The second kappa shape index (κ2) is 11.9. The molecule has 1 amide bonds. The zero-order chi connectivity index (χ0) is 23.7. The molecule has 0 atom stereocenters. The number of morpholine rings is 1. The van der Waals surface area contributed by atoms with Gasteiger partial charge in [0.05, 0.1) is 26.9 Å². The summed E-state index contributed by atoms with van der Waals surface area (Å²) < 4.78 is 10.3. The number of carbonyl (C=O) groups is 4. The summed E-state index contributed by atoms with van der Waals surface area (Å²) in [6.07, 6.45) is 0. The third-order valence-corrected chi connectivity index (χ3v) is 5.46. The summed E-state index contributed by atoms with van der Waals surface area (Å²) in [4.78, 5) is 46.1. The number of carbonyl (C=O) groups excluding carboxylic acids is 2. The number of aliphatic carboxylic acids is 2. The highest BCUT2D eigenvalue weighted by Crippen LogP contribution is 2.40. The van der Waals surface area contributed by atoms with Crippen LogP contribution in [0.2, 0.25) is 0 Å². The number of carboxylic acid groups (broad SMARTS) is 2. The Kier molecular flexibility index (Phi) is 9.32. The van der Waals surface area contributed by atoms with E-state index in [1.165, 1.54) is 18.4 Å². The van der Waals surface area contributed by atoms with Crippen LogP contribution in [0.15, 0.2) is 30.3 Å². The van der Waals surface area contributed by atoms with Crippen LogP contribution in [0.4, 0.5) is 5.00 Å². The maximum absolute atomic E-state index is 12.5. The first-order chi connectivity index (χ1) is 15.2. The van der Waals surface area contributed by atoms with Crippen molar-refractivity contribution in [3.63, 3.8) is 0 Å². The van der Waals surface area contributed by atoms with E-state index in [0.717, 1.165) is 29.1 Å². The number of anilines is 1. The molecule has 1 aromatic carbocycles. The quantitative estimate of drug-likeness (QED) is 0.447. The smallest absolute Gasteiger partial charge is 0.414 e. The van der Waals surface area contributed by atoms with E-state index in [2.05, 4.69) is 5.32 Å². The molecular weight excluding hydrogens is 440 g/mol. The lowest BCUT2D eigenvalue weighted by Gasteiger charge is -2.25. The Balaban J connectivity index is 0.000000534. The number of amides is 1. The number of aryl methyl sites for hydroxylation is 1. The molecule has 172 valence electrons. The van der Waals surface area contributed by atoms with Gasteiger partial charge in [-0.15, -0.1) is 11.3 Å². The number of esters is 1. The molecule has 0 bridgehead atoms. The van der Waals surface area contributed by atoms with Gasteiger partial charge in [0, 0.05) is 23.5 Å². The predicted octanol–water partition coefficient (Wildman–Crippen LogP) is 1.94. The van der Waals surface area contributed by atoms with Crippen molar-refractivity contribution in [2.45, 2.75) is 6.92 Å². The average Bonchev–Trinajstić information content (AvgIpc) is 3.10. The van der Waals surface area contributed by atoms with Crippen LogP contribution in [0, 0.1) is 6.92 Å². The number of hydrogen-bond donors (Lipinski definition) is 3. The fourth-order valence-electron chi connectivity index (χ4n) is 3.01. The number of methoxy groups -OCH3 is 1. The monoisotopic (exact) mass is 464 g/mol. The number of thiophene rings is 1. The molecule has 32 heavy (non-hydrogen) atoms. The van der Waals surface area contributed by atoms with Crippen LogP contribution in [0.5, 0.6) is 0 Å².